The minimum absolute atomic E-state index is 0.0627. The van der Waals surface area contributed by atoms with Crippen molar-refractivity contribution in [2.45, 2.75) is 104 Å². The molecule has 0 N–H and O–H groups in total. The molecule has 4 aliphatic carbocycles. The van der Waals surface area contributed by atoms with E-state index in [1.165, 1.54) is 79.9 Å². The molecule has 4 aromatic rings. The minimum Gasteiger partial charge on any atom is -0.339 e. The predicted octanol–water partition coefficient (Wildman–Crippen LogP) is 9.29. The fourth-order valence-electron chi connectivity index (χ4n) is 10.2. The molecule has 6 aliphatic rings. The van der Waals surface area contributed by atoms with Crippen molar-refractivity contribution in [3.63, 3.8) is 0 Å². The quantitative estimate of drug-likeness (QED) is 0.182. The second-order valence-electron chi connectivity index (χ2n) is 18.8. The highest BCUT2D eigenvalue weighted by Gasteiger charge is 2.70. The molecule has 4 aromatic carbocycles. The second-order valence-corrected chi connectivity index (χ2v) is 18.8. The van der Waals surface area contributed by atoms with Crippen molar-refractivity contribution in [3.05, 3.63) is 95.1 Å². The Kier molecular flexibility index (Phi) is 5.91. The molecule has 4 fully saturated rings. The molecule has 0 spiro atoms. The van der Waals surface area contributed by atoms with E-state index in [4.69, 9.17) is 0 Å². The van der Waals surface area contributed by atoms with E-state index in [0.29, 0.717) is 6.04 Å². The van der Waals surface area contributed by atoms with Gasteiger partial charge in [0.2, 0.25) is 0 Å². The molecular weight excluding hydrogens is 567 g/mol. The first-order valence-electron chi connectivity index (χ1n) is 18.2. The lowest BCUT2D eigenvalue weighted by molar-refractivity contribution is 0.513. The van der Waals surface area contributed by atoms with Crippen molar-refractivity contribution in [1.82, 2.24) is 0 Å². The third-order valence-corrected chi connectivity index (χ3v) is 12.7. The molecule has 0 saturated heterocycles. The maximum absolute atomic E-state index is 2.88. The maximum Gasteiger partial charge on any atom is 0.252 e. The summed E-state index contributed by atoms with van der Waals surface area (Å²) in [5, 5.41) is 0. The van der Waals surface area contributed by atoms with Gasteiger partial charge in [0, 0.05) is 34.5 Å². The molecule has 3 unspecified atom stereocenters. The van der Waals surface area contributed by atoms with E-state index in [1.54, 1.807) is 0 Å². The summed E-state index contributed by atoms with van der Waals surface area (Å²) in [5.74, 6) is 3.62. The molecule has 3 atom stereocenters. The molecule has 2 aliphatic heterocycles. The van der Waals surface area contributed by atoms with E-state index < -0.39 is 0 Å². The minimum atomic E-state index is 0.0627. The first-order chi connectivity index (χ1) is 22.1. The second kappa shape index (κ2) is 9.37. The number of fused-ring (bicyclic) bond motifs is 4. The highest BCUT2D eigenvalue weighted by atomic mass is 15.2. The van der Waals surface area contributed by atoms with Gasteiger partial charge in [0.05, 0.1) is 0 Å². The standard InChI is InChI=1S/C44H51BN2/c1-25-19-37-40-38(20-25)47(41-26-21-31-32(22-26)39(31)41)36-18-14-29(44(8,9)10)24-34(36)45(40)33-23-28(43(5,6)7)13-17-35(33)46(37)30-15-11-27(12-16-30)42(2,3)4/h11-20,23-24,26,31-32,39,41H,21-22H2,1-10H3. The first-order valence-corrected chi connectivity index (χ1v) is 18.2. The molecule has 10 rings (SSSR count). The van der Waals surface area contributed by atoms with Crippen molar-refractivity contribution in [2.24, 2.45) is 23.7 Å². The van der Waals surface area contributed by atoms with E-state index in [2.05, 4.69) is 152 Å². The van der Waals surface area contributed by atoms with Gasteiger partial charge in [-0.15, -0.1) is 0 Å². The number of hydrogen-bond donors (Lipinski definition) is 0. The van der Waals surface area contributed by atoms with E-state index in [1.807, 2.05) is 0 Å². The Bertz CT molecular complexity index is 1940. The van der Waals surface area contributed by atoms with Crippen LogP contribution < -0.4 is 26.2 Å². The summed E-state index contributed by atoms with van der Waals surface area (Å²) in [6.07, 6.45) is 2.88. The van der Waals surface area contributed by atoms with Gasteiger partial charge in [-0.3, -0.25) is 0 Å². The van der Waals surface area contributed by atoms with Crippen LogP contribution in [0.15, 0.2) is 72.8 Å². The Morgan fingerprint density at radius 1 is 0.574 bits per heavy atom. The average Bonchev–Trinajstić information content (AvgIpc) is 3.30. The molecule has 0 aromatic heterocycles. The largest absolute Gasteiger partial charge is 0.339 e. The lowest BCUT2D eigenvalue weighted by atomic mass is 9.33. The lowest BCUT2D eigenvalue weighted by Crippen LogP contribution is -2.63. The number of anilines is 5. The zero-order valence-corrected chi connectivity index (χ0v) is 30.2. The Balaban J connectivity index is 1.34. The van der Waals surface area contributed by atoms with Crippen molar-refractivity contribution < 1.29 is 0 Å². The molecule has 4 bridgehead atoms. The van der Waals surface area contributed by atoms with Crippen LogP contribution in [0, 0.1) is 30.6 Å². The molecule has 4 saturated carbocycles. The molecule has 47 heavy (non-hydrogen) atoms. The van der Waals surface area contributed by atoms with Gasteiger partial charge in [0.25, 0.3) is 6.71 Å². The van der Waals surface area contributed by atoms with Gasteiger partial charge < -0.3 is 9.80 Å². The normalized spacial score (nSPS) is 25.1. The summed E-state index contributed by atoms with van der Waals surface area (Å²) in [4.78, 5) is 5.48. The van der Waals surface area contributed by atoms with E-state index in [0.717, 1.165) is 23.7 Å². The topological polar surface area (TPSA) is 6.48 Å². The van der Waals surface area contributed by atoms with Crippen molar-refractivity contribution >= 4 is 51.5 Å². The van der Waals surface area contributed by atoms with Crippen LogP contribution in [0.2, 0.25) is 0 Å². The zero-order chi connectivity index (χ0) is 32.9. The van der Waals surface area contributed by atoms with Crippen LogP contribution in [-0.2, 0) is 16.2 Å². The maximum atomic E-state index is 2.88. The van der Waals surface area contributed by atoms with Gasteiger partial charge >= 0.3 is 0 Å². The van der Waals surface area contributed by atoms with Crippen LogP contribution in [0.4, 0.5) is 28.4 Å². The molecule has 3 heteroatoms. The van der Waals surface area contributed by atoms with Gasteiger partial charge in [-0.1, -0.05) is 98.7 Å². The first kappa shape index (κ1) is 29.7. The molecule has 2 heterocycles. The highest BCUT2D eigenvalue weighted by Crippen LogP contribution is 2.72. The van der Waals surface area contributed by atoms with Crippen LogP contribution in [-0.4, -0.2) is 12.8 Å². The molecule has 2 nitrogen and oxygen atoms in total. The van der Waals surface area contributed by atoms with E-state index >= 15 is 0 Å². The smallest absolute Gasteiger partial charge is 0.252 e. The lowest BCUT2D eigenvalue weighted by Gasteiger charge is -2.47. The number of nitrogens with zero attached hydrogens (tertiary/aromatic N) is 2. The fraction of sp³-hybridized carbons (Fsp3) is 0.455. The molecular formula is C44H51BN2. The van der Waals surface area contributed by atoms with Crippen LogP contribution in [0.3, 0.4) is 0 Å². The van der Waals surface area contributed by atoms with Crippen LogP contribution >= 0.6 is 0 Å². The fourth-order valence-corrected chi connectivity index (χ4v) is 10.2. The van der Waals surface area contributed by atoms with Crippen molar-refractivity contribution in [3.8, 4) is 0 Å². The van der Waals surface area contributed by atoms with E-state index in [9.17, 15) is 0 Å². The van der Waals surface area contributed by atoms with Gasteiger partial charge in [-0.2, -0.15) is 0 Å². The zero-order valence-electron chi connectivity index (χ0n) is 30.2. The summed E-state index contributed by atoms with van der Waals surface area (Å²) in [6, 6.07) is 30.0. The van der Waals surface area contributed by atoms with Crippen molar-refractivity contribution in [2.75, 3.05) is 9.80 Å². The monoisotopic (exact) mass is 618 g/mol. The molecule has 0 radical (unpaired) electrons. The third-order valence-electron chi connectivity index (χ3n) is 12.7. The van der Waals surface area contributed by atoms with Gasteiger partial charge in [-0.05, 0) is 135 Å². The van der Waals surface area contributed by atoms with Crippen molar-refractivity contribution in [1.29, 1.82) is 0 Å². The SMILES string of the molecule is Cc1cc2c3c(c1)N(C1C4CC5C(C4)C51)c1ccc(C(C)(C)C)cc1B3c1cc(C(C)(C)C)ccc1N2c1ccc(C(C)(C)C)cc1. The number of rotatable bonds is 2. The number of hydrogen-bond acceptors (Lipinski definition) is 2. The number of aryl methyl sites for hydroxylation is 1. The molecule has 0 amide bonds. The Morgan fingerprint density at radius 2 is 1.09 bits per heavy atom. The van der Waals surface area contributed by atoms with Gasteiger partial charge in [0.1, 0.15) is 0 Å². The number of benzene rings is 4. The summed E-state index contributed by atoms with van der Waals surface area (Å²) >= 11 is 0. The summed E-state index contributed by atoms with van der Waals surface area (Å²) < 4.78 is 0. The van der Waals surface area contributed by atoms with Gasteiger partial charge in [0.15, 0.2) is 0 Å². The third kappa shape index (κ3) is 4.23. The van der Waals surface area contributed by atoms with Crippen LogP contribution in [0.1, 0.15) is 97.4 Å². The summed E-state index contributed by atoms with van der Waals surface area (Å²) in [7, 11) is 0. The van der Waals surface area contributed by atoms with Crippen LogP contribution in [0.25, 0.3) is 0 Å². The average molecular weight is 619 g/mol. The van der Waals surface area contributed by atoms with Gasteiger partial charge in [-0.25, -0.2) is 0 Å². The summed E-state index contributed by atoms with van der Waals surface area (Å²) in [6.45, 7) is 23.6. The Labute approximate surface area is 283 Å². The molecule has 240 valence electrons. The predicted molar refractivity (Wildman–Crippen MR) is 202 cm³/mol. The Hall–Kier alpha value is -3.46. The van der Waals surface area contributed by atoms with Crippen LogP contribution in [0.5, 0.6) is 0 Å². The summed E-state index contributed by atoms with van der Waals surface area (Å²) in [5.41, 5.74) is 17.1. The highest BCUT2D eigenvalue weighted by molar-refractivity contribution is 7.00. The van der Waals surface area contributed by atoms with E-state index in [-0.39, 0.29) is 23.0 Å². The Morgan fingerprint density at radius 3 is 1.62 bits per heavy atom.